The molecular weight excluding hydrogens is 342 g/mol. The van der Waals surface area contributed by atoms with Gasteiger partial charge in [0.05, 0.1) is 11.1 Å². The van der Waals surface area contributed by atoms with Gasteiger partial charge < -0.3 is 10.0 Å². The molecule has 5 amide bonds. The summed E-state index contributed by atoms with van der Waals surface area (Å²) in [4.78, 5) is 62.1. The average Bonchev–Trinajstić information content (AvgIpc) is 2.84. The van der Waals surface area contributed by atoms with Crippen molar-refractivity contribution in [1.29, 1.82) is 0 Å². The van der Waals surface area contributed by atoms with Crippen LogP contribution in [0.4, 0.5) is 4.79 Å². The number of hydrogen-bond donors (Lipinski definition) is 2. The molecule has 0 saturated carbocycles. The molecule has 0 aromatic heterocycles. The van der Waals surface area contributed by atoms with Crippen molar-refractivity contribution in [2.24, 2.45) is 0 Å². The average molecular weight is 357 g/mol. The summed E-state index contributed by atoms with van der Waals surface area (Å²) >= 11 is 0. The Kier molecular flexibility index (Phi) is 3.53. The van der Waals surface area contributed by atoms with Crippen molar-refractivity contribution in [1.82, 2.24) is 15.1 Å². The van der Waals surface area contributed by atoms with Gasteiger partial charge in [0.1, 0.15) is 6.04 Å². The highest BCUT2D eigenvalue weighted by molar-refractivity contribution is 6.23. The lowest BCUT2D eigenvalue weighted by Gasteiger charge is -2.27. The quantitative estimate of drug-likeness (QED) is 0.688. The number of amides is 5. The number of rotatable bonds is 1. The van der Waals surface area contributed by atoms with E-state index >= 15 is 0 Å². The third kappa shape index (κ3) is 2.35. The van der Waals surface area contributed by atoms with Crippen molar-refractivity contribution in [3.8, 4) is 0 Å². The van der Waals surface area contributed by atoms with Crippen molar-refractivity contribution >= 4 is 29.7 Å². The Labute approximate surface area is 147 Å². The van der Waals surface area contributed by atoms with Crippen molar-refractivity contribution in [2.75, 3.05) is 6.54 Å². The normalized spacial score (nSPS) is 22.2. The Morgan fingerprint density at radius 3 is 2.31 bits per heavy atom. The molecule has 0 spiro atoms. The molecule has 0 radical (unpaired) electrons. The molecular formula is C17H15N3O6. The predicted octanol–water partition coefficient (Wildman–Crippen LogP) is 0.124. The highest BCUT2D eigenvalue weighted by Crippen LogP contribution is 2.31. The fourth-order valence-corrected chi connectivity index (χ4v) is 3.69. The largest absolute Gasteiger partial charge is 0.465 e. The molecule has 0 aliphatic carbocycles. The second-order valence-electron chi connectivity index (χ2n) is 6.57. The molecule has 3 aliphatic rings. The van der Waals surface area contributed by atoms with Gasteiger partial charge in [-0.2, -0.15) is 0 Å². The molecule has 3 aliphatic heterocycles. The first kappa shape index (κ1) is 16.2. The standard InChI is InChI=1S/C17H15N3O6/c21-13-2-1-12(14(22)18-13)20-15(23)10-5-8-3-4-19(17(25)26)7-9(8)6-11(10)16(20)24/h5-6,12H,1-4,7H2,(H,25,26)(H,18,21,22). The van der Waals surface area contributed by atoms with E-state index in [-0.39, 0.29) is 30.5 Å². The van der Waals surface area contributed by atoms with Crippen LogP contribution in [0, 0.1) is 0 Å². The summed E-state index contributed by atoms with van der Waals surface area (Å²) in [5.74, 6) is -2.22. The van der Waals surface area contributed by atoms with Crippen LogP contribution in [0.1, 0.15) is 44.7 Å². The lowest BCUT2D eigenvalue weighted by Crippen LogP contribution is -2.54. The van der Waals surface area contributed by atoms with Crippen LogP contribution >= 0.6 is 0 Å². The van der Waals surface area contributed by atoms with E-state index in [0.29, 0.717) is 18.5 Å². The Morgan fingerprint density at radius 1 is 1.04 bits per heavy atom. The molecule has 1 unspecified atom stereocenters. The second-order valence-corrected chi connectivity index (χ2v) is 6.57. The number of piperidine rings is 1. The number of carbonyl (C=O) groups excluding carboxylic acids is 4. The molecule has 1 fully saturated rings. The molecule has 2 N–H and O–H groups in total. The minimum Gasteiger partial charge on any atom is -0.465 e. The number of carboxylic acid groups (broad SMARTS) is 1. The van der Waals surface area contributed by atoms with E-state index < -0.39 is 35.8 Å². The van der Waals surface area contributed by atoms with Gasteiger partial charge in [0.25, 0.3) is 11.8 Å². The number of nitrogens with zero attached hydrogens (tertiary/aromatic N) is 2. The van der Waals surface area contributed by atoms with Crippen LogP contribution in [0.15, 0.2) is 12.1 Å². The van der Waals surface area contributed by atoms with Crippen LogP contribution in [0.25, 0.3) is 0 Å². The predicted molar refractivity (Wildman–Crippen MR) is 85.3 cm³/mol. The van der Waals surface area contributed by atoms with Gasteiger partial charge in [0, 0.05) is 19.5 Å². The maximum absolute atomic E-state index is 12.7. The van der Waals surface area contributed by atoms with Gasteiger partial charge in [-0.15, -0.1) is 0 Å². The SMILES string of the molecule is O=C1CCC(N2C(=O)c3cc4c(cc3C2=O)CN(C(=O)O)CC4)C(=O)N1. The molecule has 134 valence electrons. The van der Waals surface area contributed by atoms with Gasteiger partial charge >= 0.3 is 6.09 Å². The van der Waals surface area contributed by atoms with Crippen LogP contribution in [0.3, 0.4) is 0 Å². The van der Waals surface area contributed by atoms with Crippen LogP contribution in [0.5, 0.6) is 0 Å². The smallest absolute Gasteiger partial charge is 0.407 e. The molecule has 1 aromatic rings. The number of benzene rings is 1. The first-order valence-electron chi connectivity index (χ1n) is 8.22. The minimum absolute atomic E-state index is 0.0634. The molecule has 3 heterocycles. The zero-order valence-electron chi connectivity index (χ0n) is 13.7. The zero-order valence-corrected chi connectivity index (χ0v) is 13.7. The number of hydrogen-bond acceptors (Lipinski definition) is 5. The van der Waals surface area contributed by atoms with Crippen LogP contribution in [0.2, 0.25) is 0 Å². The fraction of sp³-hybridized carbons (Fsp3) is 0.353. The summed E-state index contributed by atoms with van der Waals surface area (Å²) in [7, 11) is 0. The van der Waals surface area contributed by atoms with Crippen molar-refractivity contribution in [2.45, 2.75) is 31.8 Å². The Morgan fingerprint density at radius 2 is 1.69 bits per heavy atom. The van der Waals surface area contributed by atoms with Gasteiger partial charge in [0.2, 0.25) is 11.8 Å². The first-order chi connectivity index (χ1) is 12.4. The summed E-state index contributed by atoms with van der Waals surface area (Å²) in [5, 5.41) is 11.3. The second kappa shape index (κ2) is 5.65. The van der Waals surface area contributed by atoms with Crippen LogP contribution < -0.4 is 5.32 Å². The highest BCUT2D eigenvalue weighted by atomic mass is 16.4. The number of imide groups is 2. The molecule has 4 rings (SSSR count). The van der Waals surface area contributed by atoms with E-state index in [1.54, 1.807) is 12.1 Å². The van der Waals surface area contributed by atoms with Crippen LogP contribution in [-0.4, -0.2) is 57.2 Å². The van der Waals surface area contributed by atoms with E-state index in [9.17, 15) is 24.0 Å². The van der Waals surface area contributed by atoms with E-state index in [1.165, 1.54) is 4.90 Å². The van der Waals surface area contributed by atoms with E-state index in [1.807, 2.05) is 0 Å². The summed E-state index contributed by atoms with van der Waals surface area (Å²) < 4.78 is 0. The maximum atomic E-state index is 12.7. The Bertz CT molecular complexity index is 893. The third-order valence-electron chi connectivity index (χ3n) is 5.04. The van der Waals surface area contributed by atoms with Crippen LogP contribution in [-0.2, 0) is 22.6 Å². The van der Waals surface area contributed by atoms with Gasteiger partial charge in [-0.05, 0) is 36.1 Å². The summed E-state index contributed by atoms with van der Waals surface area (Å²) in [6, 6.07) is 2.16. The first-order valence-corrected chi connectivity index (χ1v) is 8.22. The molecule has 1 saturated heterocycles. The van der Waals surface area contributed by atoms with Gasteiger partial charge in [-0.3, -0.25) is 29.4 Å². The third-order valence-corrected chi connectivity index (χ3v) is 5.04. The molecule has 9 heteroatoms. The van der Waals surface area contributed by atoms with E-state index in [2.05, 4.69) is 5.32 Å². The molecule has 9 nitrogen and oxygen atoms in total. The molecule has 1 atom stereocenters. The Hall–Kier alpha value is -3.23. The zero-order chi connectivity index (χ0) is 18.6. The van der Waals surface area contributed by atoms with Crippen molar-refractivity contribution in [3.63, 3.8) is 0 Å². The highest BCUT2D eigenvalue weighted by Gasteiger charge is 2.45. The lowest BCUT2D eigenvalue weighted by molar-refractivity contribution is -0.136. The monoisotopic (exact) mass is 357 g/mol. The summed E-state index contributed by atoms with van der Waals surface area (Å²) in [6.45, 7) is 0.470. The van der Waals surface area contributed by atoms with Crippen molar-refractivity contribution in [3.05, 3.63) is 34.4 Å². The van der Waals surface area contributed by atoms with Gasteiger partial charge in [-0.25, -0.2) is 4.79 Å². The summed E-state index contributed by atoms with van der Waals surface area (Å²) in [5.41, 5.74) is 1.91. The molecule has 26 heavy (non-hydrogen) atoms. The van der Waals surface area contributed by atoms with Crippen molar-refractivity contribution < 1.29 is 29.1 Å². The molecule has 1 aromatic carbocycles. The topological polar surface area (TPSA) is 124 Å². The van der Waals surface area contributed by atoms with E-state index in [4.69, 9.17) is 5.11 Å². The number of carbonyl (C=O) groups is 5. The number of fused-ring (bicyclic) bond motifs is 2. The molecule has 0 bridgehead atoms. The fourth-order valence-electron chi connectivity index (χ4n) is 3.69. The summed E-state index contributed by atoms with van der Waals surface area (Å²) in [6.07, 6.45) is -0.422. The van der Waals surface area contributed by atoms with Gasteiger partial charge in [-0.1, -0.05) is 0 Å². The Balaban J connectivity index is 1.68. The lowest BCUT2D eigenvalue weighted by atomic mass is 9.94. The number of nitrogens with one attached hydrogen (secondary N) is 1. The minimum atomic E-state index is -1.04. The van der Waals surface area contributed by atoms with E-state index in [0.717, 1.165) is 10.5 Å². The van der Waals surface area contributed by atoms with Gasteiger partial charge in [0.15, 0.2) is 0 Å². The maximum Gasteiger partial charge on any atom is 0.407 e.